The Morgan fingerprint density at radius 2 is 2.12 bits per heavy atom. The number of benzene rings is 1. The second-order valence-corrected chi connectivity index (χ2v) is 6.31. The van der Waals surface area contributed by atoms with Gasteiger partial charge in [0.25, 0.3) is 5.91 Å². The number of hydrogen-bond donors (Lipinski definition) is 1. The van der Waals surface area contributed by atoms with Gasteiger partial charge in [-0.1, -0.05) is 36.5 Å². The Labute approximate surface area is 143 Å². The molecule has 0 saturated carbocycles. The summed E-state index contributed by atoms with van der Waals surface area (Å²) >= 11 is 1.38. The summed E-state index contributed by atoms with van der Waals surface area (Å²) in [5.41, 5.74) is 1.42. The molecule has 6 nitrogen and oxygen atoms in total. The van der Waals surface area contributed by atoms with Crippen LogP contribution in [-0.2, 0) is 17.8 Å². The Morgan fingerprint density at radius 1 is 1.29 bits per heavy atom. The number of hydrogen-bond acceptors (Lipinski definition) is 6. The zero-order valence-corrected chi connectivity index (χ0v) is 14.5. The fourth-order valence-electron chi connectivity index (χ4n) is 2.40. The zero-order valence-electron chi connectivity index (χ0n) is 13.7. The lowest BCUT2D eigenvalue weighted by molar-refractivity contribution is 0.0984. The first kappa shape index (κ1) is 16.6. The number of para-hydroxylation sites is 1. The molecule has 0 atom stereocenters. The molecule has 0 spiro atoms. The number of carbonyl (C=O) groups excluding carboxylic acids is 1. The second kappa shape index (κ2) is 7.55. The minimum absolute atomic E-state index is 0.261. The molecule has 0 radical (unpaired) electrons. The van der Waals surface area contributed by atoms with E-state index in [4.69, 9.17) is 9.15 Å². The molecule has 2 heterocycles. The number of aryl methyl sites for hydroxylation is 1. The normalized spacial score (nSPS) is 11.1. The lowest BCUT2D eigenvalue weighted by atomic mass is 10.1. The van der Waals surface area contributed by atoms with Crippen molar-refractivity contribution < 1.29 is 13.9 Å². The summed E-state index contributed by atoms with van der Waals surface area (Å²) < 4.78 is 11.2. The van der Waals surface area contributed by atoms with Gasteiger partial charge in [-0.05, 0) is 19.4 Å². The molecular weight excluding hydrogens is 326 g/mol. The smallest absolute Gasteiger partial charge is 0.293 e. The molecule has 2 aromatic heterocycles. The van der Waals surface area contributed by atoms with E-state index in [1.54, 1.807) is 0 Å². The Balaban J connectivity index is 1.87. The first-order valence-corrected chi connectivity index (χ1v) is 8.76. The molecule has 1 N–H and O–H groups in total. The van der Waals surface area contributed by atoms with Crippen LogP contribution in [0.1, 0.15) is 41.4 Å². The molecule has 0 fully saturated rings. The Kier molecular flexibility index (Phi) is 5.22. The topological polar surface area (TPSA) is 77.3 Å². The highest BCUT2D eigenvalue weighted by atomic mass is 32.1. The summed E-state index contributed by atoms with van der Waals surface area (Å²) in [6.07, 6.45) is 1.85. The minimum atomic E-state index is -0.333. The van der Waals surface area contributed by atoms with Crippen LogP contribution in [0.15, 0.2) is 28.7 Å². The van der Waals surface area contributed by atoms with E-state index in [2.05, 4.69) is 22.4 Å². The molecule has 0 aliphatic carbocycles. The molecule has 0 unspecified atom stereocenters. The quantitative estimate of drug-likeness (QED) is 0.699. The highest BCUT2D eigenvalue weighted by molar-refractivity contribution is 7.15. The minimum Gasteiger partial charge on any atom is -0.451 e. The molecule has 0 saturated heterocycles. The number of nitrogens with zero attached hydrogens (tertiary/aromatic N) is 2. The SMILES string of the molecule is CCCc1nnc(NC(=O)c2oc3ccccc3c2COCC)s1. The second-order valence-electron chi connectivity index (χ2n) is 5.25. The van der Waals surface area contributed by atoms with Gasteiger partial charge >= 0.3 is 0 Å². The van der Waals surface area contributed by atoms with Crippen molar-refractivity contribution in [2.45, 2.75) is 33.3 Å². The third kappa shape index (κ3) is 3.47. The summed E-state index contributed by atoms with van der Waals surface area (Å²) in [5.74, 6) is -0.0722. The van der Waals surface area contributed by atoms with Crippen molar-refractivity contribution >= 4 is 33.3 Å². The lowest BCUT2D eigenvalue weighted by Crippen LogP contribution is -2.13. The van der Waals surface area contributed by atoms with Crippen LogP contribution < -0.4 is 5.32 Å². The largest absolute Gasteiger partial charge is 0.451 e. The molecule has 3 rings (SSSR count). The van der Waals surface area contributed by atoms with Gasteiger partial charge in [0.05, 0.1) is 6.61 Å². The highest BCUT2D eigenvalue weighted by Gasteiger charge is 2.21. The lowest BCUT2D eigenvalue weighted by Gasteiger charge is -2.03. The first-order chi connectivity index (χ1) is 11.7. The van der Waals surface area contributed by atoms with Crippen molar-refractivity contribution in [3.63, 3.8) is 0 Å². The molecule has 0 aliphatic heterocycles. The third-order valence-electron chi connectivity index (χ3n) is 3.51. The van der Waals surface area contributed by atoms with Gasteiger partial charge in [0.15, 0.2) is 5.76 Å². The number of anilines is 1. The Hall–Kier alpha value is -2.25. The van der Waals surface area contributed by atoms with Crippen molar-refractivity contribution in [3.8, 4) is 0 Å². The third-order valence-corrected chi connectivity index (χ3v) is 4.40. The van der Waals surface area contributed by atoms with E-state index in [-0.39, 0.29) is 11.7 Å². The number of ether oxygens (including phenoxy) is 1. The number of aromatic nitrogens is 2. The van der Waals surface area contributed by atoms with E-state index in [1.807, 2.05) is 31.2 Å². The van der Waals surface area contributed by atoms with Crippen molar-refractivity contribution in [2.24, 2.45) is 0 Å². The fourth-order valence-corrected chi connectivity index (χ4v) is 3.24. The van der Waals surface area contributed by atoms with E-state index in [1.165, 1.54) is 11.3 Å². The molecule has 24 heavy (non-hydrogen) atoms. The van der Waals surface area contributed by atoms with E-state index < -0.39 is 0 Å². The molecule has 0 aliphatic rings. The van der Waals surface area contributed by atoms with E-state index in [0.29, 0.717) is 23.9 Å². The maximum Gasteiger partial charge on any atom is 0.293 e. The van der Waals surface area contributed by atoms with Crippen LogP contribution in [0.4, 0.5) is 5.13 Å². The number of rotatable bonds is 7. The summed E-state index contributed by atoms with van der Waals surface area (Å²) in [7, 11) is 0. The van der Waals surface area contributed by atoms with E-state index in [9.17, 15) is 4.79 Å². The first-order valence-electron chi connectivity index (χ1n) is 7.94. The van der Waals surface area contributed by atoms with Crippen LogP contribution >= 0.6 is 11.3 Å². The molecule has 0 bridgehead atoms. The van der Waals surface area contributed by atoms with Gasteiger partial charge in [0, 0.05) is 24.0 Å². The van der Waals surface area contributed by atoms with Gasteiger partial charge < -0.3 is 9.15 Å². The van der Waals surface area contributed by atoms with Gasteiger partial charge in [-0.15, -0.1) is 10.2 Å². The maximum absolute atomic E-state index is 12.6. The molecule has 7 heteroatoms. The monoisotopic (exact) mass is 345 g/mol. The predicted octanol–water partition coefficient (Wildman–Crippen LogP) is 4.03. The number of carbonyl (C=O) groups is 1. The summed E-state index contributed by atoms with van der Waals surface area (Å²) in [6, 6.07) is 7.55. The number of amides is 1. The van der Waals surface area contributed by atoms with Crippen molar-refractivity contribution in [3.05, 3.63) is 40.6 Å². The van der Waals surface area contributed by atoms with Gasteiger partial charge in [-0.2, -0.15) is 0 Å². The summed E-state index contributed by atoms with van der Waals surface area (Å²) in [5, 5.41) is 13.1. The molecule has 3 aromatic rings. The van der Waals surface area contributed by atoms with Crippen LogP contribution in [0.25, 0.3) is 11.0 Å². The standard InChI is InChI=1S/C17H19N3O3S/c1-3-7-14-19-20-17(24-14)18-16(21)15-12(10-22-4-2)11-8-5-6-9-13(11)23-15/h5-6,8-9H,3-4,7,10H2,1-2H3,(H,18,20,21). The van der Waals surface area contributed by atoms with Crippen LogP contribution in [0.2, 0.25) is 0 Å². The Morgan fingerprint density at radius 3 is 2.92 bits per heavy atom. The predicted molar refractivity (Wildman–Crippen MR) is 93.4 cm³/mol. The average molecular weight is 345 g/mol. The molecule has 126 valence electrons. The average Bonchev–Trinajstić information content (AvgIpc) is 3.17. The van der Waals surface area contributed by atoms with Crippen molar-refractivity contribution in [1.82, 2.24) is 10.2 Å². The molecule has 1 amide bonds. The van der Waals surface area contributed by atoms with E-state index in [0.717, 1.165) is 28.8 Å². The number of nitrogens with one attached hydrogen (secondary N) is 1. The fraction of sp³-hybridized carbons (Fsp3) is 0.353. The molecular formula is C17H19N3O3S. The molecule has 1 aromatic carbocycles. The Bertz CT molecular complexity index is 841. The summed E-state index contributed by atoms with van der Waals surface area (Å²) in [6.45, 7) is 4.89. The zero-order chi connectivity index (χ0) is 16.9. The number of furan rings is 1. The van der Waals surface area contributed by atoms with Crippen LogP contribution in [0.3, 0.4) is 0 Å². The van der Waals surface area contributed by atoms with Crippen LogP contribution in [-0.4, -0.2) is 22.7 Å². The van der Waals surface area contributed by atoms with Gasteiger partial charge in [-0.25, -0.2) is 0 Å². The van der Waals surface area contributed by atoms with Gasteiger partial charge in [0.1, 0.15) is 10.6 Å². The van der Waals surface area contributed by atoms with Crippen LogP contribution in [0, 0.1) is 0 Å². The number of fused-ring (bicyclic) bond motifs is 1. The van der Waals surface area contributed by atoms with Crippen molar-refractivity contribution in [2.75, 3.05) is 11.9 Å². The maximum atomic E-state index is 12.6. The highest BCUT2D eigenvalue weighted by Crippen LogP contribution is 2.28. The van der Waals surface area contributed by atoms with Gasteiger partial charge in [0.2, 0.25) is 5.13 Å². The van der Waals surface area contributed by atoms with Crippen molar-refractivity contribution in [1.29, 1.82) is 0 Å². The van der Waals surface area contributed by atoms with Gasteiger partial charge in [-0.3, -0.25) is 10.1 Å². The summed E-state index contributed by atoms with van der Waals surface area (Å²) in [4.78, 5) is 12.6. The van der Waals surface area contributed by atoms with Crippen LogP contribution in [0.5, 0.6) is 0 Å². The van der Waals surface area contributed by atoms with E-state index >= 15 is 0 Å².